The average molecular weight is 283 g/mol. The highest BCUT2D eigenvalue weighted by Gasteiger charge is 2.15. The molecule has 0 saturated heterocycles. The van der Waals surface area contributed by atoms with Gasteiger partial charge in [0, 0.05) is 19.0 Å². The summed E-state index contributed by atoms with van der Waals surface area (Å²) >= 11 is 0. The first kappa shape index (κ1) is 14.1. The second-order valence-corrected chi connectivity index (χ2v) is 5.52. The third kappa shape index (κ3) is 3.26. The first-order valence-electron chi connectivity index (χ1n) is 7.46. The van der Waals surface area contributed by atoms with Crippen LogP contribution in [-0.4, -0.2) is 18.3 Å². The largest absolute Gasteiger partial charge is 0.493 e. The average Bonchev–Trinajstić information content (AvgIpc) is 3.00. The second-order valence-electron chi connectivity index (χ2n) is 5.52. The molecule has 2 N–H and O–H groups in total. The number of aliphatic hydroxyl groups excluding tert-OH is 1. The first-order valence-corrected chi connectivity index (χ1v) is 7.46. The van der Waals surface area contributed by atoms with E-state index in [0.717, 1.165) is 24.3 Å². The predicted molar refractivity (Wildman–Crippen MR) is 83.5 cm³/mol. The molecule has 0 aromatic heterocycles. The molecule has 1 aliphatic heterocycles. The Hall–Kier alpha value is -1.84. The van der Waals surface area contributed by atoms with Gasteiger partial charge in [-0.1, -0.05) is 42.5 Å². The molecular weight excluding hydrogens is 262 g/mol. The van der Waals surface area contributed by atoms with Crippen LogP contribution in [0.1, 0.15) is 35.8 Å². The number of hydrogen-bond donors (Lipinski definition) is 2. The van der Waals surface area contributed by atoms with Crippen LogP contribution in [0.5, 0.6) is 5.75 Å². The molecule has 2 atom stereocenters. The summed E-state index contributed by atoms with van der Waals surface area (Å²) in [6, 6.07) is 16.3. The molecule has 0 aliphatic carbocycles. The second kappa shape index (κ2) is 6.29. The molecule has 0 spiro atoms. The van der Waals surface area contributed by atoms with Crippen LogP contribution in [0, 0.1) is 0 Å². The number of hydrogen-bond acceptors (Lipinski definition) is 3. The summed E-state index contributed by atoms with van der Waals surface area (Å²) in [6.07, 6.45) is 0.508. The van der Waals surface area contributed by atoms with E-state index in [4.69, 9.17) is 4.74 Å². The maximum atomic E-state index is 10.2. The molecule has 0 radical (unpaired) electrons. The standard InChI is InChI=1S/C18H21NO2/c1-13(15-7-8-18-16(11-15)9-10-21-18)19-12-17(20)14-5-3-2-4-6-14/h2-8,11,13,17,19-20H,9-10,12H2,1H3. The van der Waals surface area contributed by atoms with Crippen LogP contribution in [0.15, 0.2) is 48.5 Å². The lowest BCUT2D eigenvalue weighted by atomic mass is 10.0. The number of aliphatic hydroxyl groups is 1. The SMILES string of the molecule is CC(NCC(O)c1ccccc1)c1ccc2c(c1)CCO2. The van der Waals surface area contributed by atoms with Crippen molar-refractivity contribution < 1.29 is 9.84 Å². The molecule has 21 heavy (non-hydrogen) atoms. The van der Waals surface area contributed by atoms with Gasteiger partial charge in [-0.15, -0.1) is 0 Å². The Kier molecular flexibility index (Phi) is 4.23. The lowest BCUT2D eigenvalue weighted by molar-refractivity contribution is 0.171. The van der Waals surface area contributed by atoms with Crippen LogP contribution < -0.4 is 10.1 Å². The molecular formula is C18H21NO2. The van der Waals surface area contributed by atoms with Gasteiger partial charge in [0.2, 0.25) is 0 Å². The van der Waals surface area contributed by atoms with Crippen molar-refractivity contribution in [2.75, 3.05) is 13.2 Å². The molecule has 0 bridgehead atoms. The van der Waals surface area contributed by atoms with E-state index >= 15 is 0 Å². The molecule has 1 heterocycles. The minimum Gasteiger partial charge on any atom is -0.493 e. The Labute approximate surface area is 125 Å². The normalized spacial score (nSPS) is 16.1. The number of fused-ring (bicyclic) bond motifs is 1. The third-order valence-corrected chi connectivity index (χ3v) is 4.02. The molecule has 2 aromatic rings. The summed E-state index contributed by atoms with van der Waals surface area (Å²) in [7, 11) is 0. The van der Waals surface area contributed by atoms with E-state index in [0.29, 0.717) is 6.54 Å². The van der Waals surface area contributed by atoms with Gasteiger partial charge < -0.3 is 15.2 Å². The zero-order valence-corrected chi connectivity index (χ0v) is 12.3. The van der Waals surface area contributed by atoms with Gasteiger partial charge in [-0.25, -0.2) is 0 Å². The molecule has 0 amide bonds. The monoisotopic (exact) mass is 283 g/mol. The molecule has 2 unspecified atom stereocenters. The van der Waals surface area contributed by atoms with Crippen molar-refractivity contribution >= 4 is 0 Å². The number of ether oxygens (including phenoxy) is 1. The van der Waals surface area contributed by atoms with Crippen LogP contribution in [-0.2, 0) is 6.42 Å². The van der Waals surface area contributed by atoms with Gasteiger partial charge >= 0.3 is 0 Å². The molecule has 2 aromatic carbocycles. The minimum absolute atomic E-state index is 0.203. The highest BCUT2D eigenvalue weighted by molar-refractivity contribution is 5.40. The van der Waals surface area contributed by atoms with Gasteiger partial charge in [0.1, 0.15) is 5.75 Å². The Morgan fingerprint density at radius 1 is 1.14 bits per heavy atom. The van der Waals surface area contributed by atoms with Crippen LogP contribution >= 0.6 is 0 Å². The maximum Gasteiger partial charge on any atom is 0.122 e. The Morgan fingerprint density at radius 2 is 1.95 bits per heavy atom. The zero-order valence-electron chi connectivity index (χ0n) is 12.3. The van der Waals surface area contributed by atoms with Crippen molar-refractivity contribution in [3.63, 3.8) is 0 Å². The molecule has 0 fully saturated rings. The number of nitrogens with one attached hydrogen (secondary N) is 1. The highest BCUT2D eigenvalue weighted by Crippen LogP contribution is 2.28. The predicted octanol–water partition coefficient (Wildman–Crippen LogP) is 3.01. The Morgan fingerprint density at radius 3 is 2.76 bits per heavy atom. The van der Waals surface area contributed by atoms with Crippen molar-refractivity contribution in [1.82, 2.24) is 5.32 Å². The maximum absolute atomic E-state index is 10.2. The summed E-state index contributed by atoms with van der Waals surface area (Å²) in [5.41, 5.74) is 3.46. The smallest absolute Gasteiger partial charge is 0.122 e. The van der Waals surface area contributed by atoms with E-state index in [1.54, 1.807) is 0 Å². The molecule has 0 saturated carbocycles. The summed E-state index contributed by atoms with van der Waals surface area (Å²) in [4.78, 5) is 0. The summed E-state index contributed by atoms with van der Waals surface area (Å²) < 4.78 is 5.53. The quantitative estimate of drug-likeness (QED) is 0.886. The number of benzene rings is 2. The van der Waals surface area contributed by atoms with E-state index in [1.807, 2.05) is 36.4 Å². The van der Waals surface area contributed by atoms with E-state index in [2.05, 4.69) is 24.4 Å². The van der Waals surface area contributed by atoms with E-state index in [-0.39, 0.29) is 6.04 Å². The summed E-state index contributed by atoms with van der Waals surface area (Å²) in [5.74, 6) is 1.01. The van der Waals surface area contributed by atoms with E-state index in [1.165, 1.54) is 11.1 Å². The first-order chi connectivity index (χ1) is 10.2. The fraction of sp³-hybridized carbons (Fsp3) is 0.333. The molecule has 3 rings (SSSR count). The van der Waals surface area contributed by atoms with Gasteiger partial charge in [-0.2, -0.15) is 0 Å². The van der Waals surface area contributed by atoms with E-state index < -0.39 is 6.10 Å². The van der Waals surface area contributed by atoms with E-state index in [9.17, 15) is 5.11 Å². The number of rotatable bonds is 5. The topological polar surface area (TPSA) is 41.5 Å². The fourth-order valence-electron chi connectivity index (χ4n) is 2.68. The zero-order chi connectivity index (χ0) is 14.7. The van der Waals surface area contributed by atoms with Gasteiger partial charge in [0.05, 0.1) is 12.7 Å². The highest BCUT2D eigenvalue weighted by atomic mass is 16.5. The van der Waals surface area contributed by atoms with Crippen molar-refractivity contribution in [3.8, 4) is 5.75 Å². The van der Waals surface area contributed by atoms with Crippen molar-refractivity contribution in [3.05, 3.63) is 65.2 Å². The third-order valence-electron chi connectivity index (χ3n) is 4.02. The van der Waals surface area contributed by atoms with Crippen molar-refractivity contribution in [2.45, 2.75) is 25.5 Å². The van der Waals surface area contributed by atoms with Crippen molar-refractivity contribution in [1.29, 1.82) is 0 Å². The van der Waals surface area contributed by atoms with Crippen LogP contribution in [0.4, 0.5) is 0 Å². The Bertz CT molecular complexity index is 597. The van der Waals surface area contributed by atoms with Gasteiger partial charge in [0.15, 0.2) is 0 Å². The van der Waals surface area contributed by atoms with Crippen molar-refractivity contribution in [2.24, 2.45) is 0 Å². The molecule has 3 nitrogen and oxygen atoms in total. The van der Waals surface area contributed by atoms with Crippen LogP contribution in [0.25, 0.3) is 0 Å². The molecule has 3 heteroatoms. The fourth-order valence-corrected chi connectivity index (χ4v) is 2.68. The summed E-state index contributed by atoms with van der Waals surface area (Å²) in [5, 5.41) is 13.6. The minimum atomic E-state index is -0.480. The lowest BCUT2D eigenvalue weighted by Gasteiger charge is -2.18. The van der Waals surface area contributed by atoms with Gasteiger partial charge in [-0.05, 0) is 29.7 Å². The van der Waals surface area contributed by atoms with Gasteiger partial charge in [-0.3, -0.25) is 0 Å². The molecule has 1 aliphatic rings. The Balaban J connectivity index is 1.60. The van der Waals surface area contributed by atoms with Gasteiger partial charge in [0.25, 0.3) is 0 Å². The summed E-state index contributed by atoms with van der Waals surface area (Å²) in [6.45, 7) is 3.45. The lowest BCUT2D eigenvalue weighted by Crippen LogP contribution is -2.24. The van der Waals surface area contributed by atoms with Crippen LogP contribution in [0.2, 0.25) is 0 Å². The molecule has 110 valence electrons. The van der Waals surface area contributed by atoms with Crippen LogP contribution in [0.3, 0.4) is 0 Å².